The molecule has 0 saturated carbocycles. The van der Waals surface area contributed by atoms with Gasteiger partial charge in [-0.2, -0.15) is 0 Å². The third kappa shape index (κ3) is 51.5. The summed E-state index contributed by atoms with van der Waals surface area (Å²) in [6.07, 6.45) is 33.0. The van der Waals surface area contributed by atoms with Crippen LogP contribution in [-0.2, 0) is 47.6 Å². The van der Waals surface area contributed by atoms with E-state index in [0.29, 0.717) is 131 Å². The van der Waals surface area contributed by atoms with Gasteiger partial charge in [0.1, 0.15) is 5.78 Å². The monoisotopic (exact) mass is 956 g/mol. The summed E-state index contributed by atoms with van der Waals surface area (Å²) in [5.74, 6) is -0.154. The lowest BCUT2D eigenvalue weighted by Crippen LogP contribution is -2.33. The molecule has 0 fully saturated rings. The molecular formula is C54H105N3O10. The second-order valence-electron chi connectivity index (χ2n) is 18.2. The number of amides is 3. The van der Waals surface area contributed by atoms with E-state index in [0.717, 1.165) is 44.9 Å². The number of rotatable bonds is 56. The molecule has 1 atom stereocenters. The quantitative estimate of drug-likeness (QED) is 0.0501. The summed E-state index contributed by atoms with van der Waals surface area (Å²) >= 11 is 0. The molecular weight excluding hydrogens is 851 g/mol. The number of carbonyl (C=O) groups is 4. The van der Waals surface area contributed by atoms with Crippen molar-refractivity contribution in [2.75, 3.05) is 98.9 Å². The minimum atomic E-state index is -0.347. The van der Waals surface area contributed by atoms with Gasteiger partial charge in [0.15, 0.2) is 0 Å². The normalized spacial score (nSPS) is 11.8. The lowest BCUT2D eigenvalue weighted by molar-refractivity contribution is -0.129. The van der Waals surface area contributed by atoms with Crippen molar-refractivity contribution >= 4 is 23.5 Å². The van der Waals surface area contributed by atoms with Gasteiger partial charge in [-0.1, -0.05) is 149 Å². The smallest absolute Gasteiger partial charge is 0.223 e. The van der Waals surface area contributed by atoms with Gasteiger partial charge in [0.25, 0.3) is 0 Å². The highest BCUT2D eigenvalue weighted by Gasteiger charge is 2.21. The van der Waals surface area contributed by atoms with Gasteiger partial charge < -0.3 is 44.4 Å². The minimum absolute atomic E-state index is 0.0433. The molecule has 3 N–H and O–H groups in total. The van der Waals surface area contributed by atoms with Crippen LogP contribution in [0.1, 0.15) is 220 Å². The molecule has 13 heteroatoms. The van der Waals surface area contributed by atoms with Crippen LogP contribution in [0.4, 0.5) is 0 Å². The van der Waals surface area contributed by atoms with E-state index in [1.165, 1.54) is 116 Å². The maximum atomic E-state index is 13.3. The van der Waals surface area contributed by atoms with Crippen molar-refractivity contribution in [2.24, 2.45) is 5.92 Å². The fourth-order valence-electron chi connectivity index (χ4n) is 7.78. The van der Waals surface area contributed by atoms with Crippen LogP contribution >= 0.6 is 0 Å². The van der Waals surface area contributed by atoms with Gasteiger partial charge in [-0.25, -0.2) is 0 Å². The van der Waals surface area contributed by atoms with Gasteiger partial charge in [0.2, 0.25) is 17.7 Å². The number of nitrogens with one attached hydrogen (secondary N) is 3. The first kappa shape index (κ1) is 64.8. The maximum absolute atomic E-state index is 13.3. The van der Waals surface area contributed by atoms with Gasteiger partial charge in [0, 0.05) is 71.1 Å². The summed E-state index contributed by atoms with van der Waals surface area (Å²) in [6, 6.07) is 0. The zero-order chi connectivity index (χ0) is 48.8. The van der Waals surface area contributed by atoms with Crippen molar-refractivity contribution in [1.82, 2.24) is 16.0 Å². The lowest BCUT2D eigenvalue weighted by Gasteiger charge is -2.17. The average molecular weight is 956 g/mol. The van der Waals surface area contributed by atoms with Crippen LogP contribution in [0.25, 0.3) is 0 Å². The van der Waals surface area contributed by atoms with Crippen LogP contribution in [0, 0.1) is 5.92 Å². The summed E-state index contributed by atoms with van der Waals surface area (Å²) in [5, 5.41) is 9.00. The zero-order valence-electron chi connectivity index (χ0n) is 43.7. The zero-order valence-corrected chi connectivity index (χ0v) is 43.7. The van der Waals surface area contributed by atoms with Gasteiger partial charge in [-0.15, -0.1) is 0 Å². The number of carbonyl (C=O) groups excluding carboxylic acids is 4. The van der Waals surface area contributed by atoms with E-state index < -0.39 is 0 Å². The van der Waals surface area contributed by atoms with Crippen molar-refractivity contribution in [3.63, 3.8) is 0 Å². The van der Waals surface area contributed by atoms with E-state index in [9.17, 15) is 19.2 Å². The SMILES string of the molecule is CCCCCCCCCCCCCC(=O)C[C@H](CCCCNC(=O)CCCCCCCCCCCCC)C(=O)NCCCOCCOCCOCCCNC(=O)CCOCCOCCOCC. The van der Waals surface area contributed by atoms with E-state index in [1.807, 2.05) is 6.92 Å². The molecule has 0 spiro atoms. The number of ether oxygens (including phenoxy) is 6. The predicted molar refractivity (Wildman–Crippen MR) is 273 cm³/mol. The Morgan fingerprint density at radius 1 is 0.343 bits per heavy atom. The average Bonchev–Trinajstić information content (AvgIpc) is 3.32. The third-order valence-corrected chi connectivity index (χ3v) is 11.9. The van der Waals surface area contributed by atoms with Crippen LogP contribution < -0.4 is 16.0 Å². The Bertz CT molecular complexity index is 1080. The molecule has 0 aliphatic heterocycles. The highest BCUT2D eigenvalue weighted by molar-refractivity contribution is 5.86. The molecule has 0 aromatic heterocycles. The summed E-state index contributed by atoms with van der Waals surface area (Å²) in [5.41, 5.74) is 0. The first-order valence-electron chi connectivity index (χ1n) is 27.7. The largest absolute Gasteiger partial charge is 0.379 e. The van der Waals surface area contributed by atoms with Gasteiger partial charge >= 0.3 is 0 Å². The molecule has 0 aromatic carbocycles. The summed E-state index contributed by atoms with van der Waals surface area (Å²) in [4.78, 5) is 50.7. The molecule has 396 valence electrons. The molecule has 0 aliphatic rings. The Hall–Kier alpha value is -2.16. The number of unbranched alkanes of at least 4 members (excludes halogenated alkanes) is 21. The Labute approximate surface area is 410 Å². The standard InChI is InChI=1S/C54H105N3O10/c1-4-7-9-11-13-15-17-19-21-23-25-32-51(58)49-50(31-27-28-35-55-52(59)33-26-24-22-20-18-16-14-12-10-8-5-2)54(61)57-37-30-39-64-44-47-67-46-43-63-38-29-36-56-53(60)34-40-65-45-48-66-42-41-62-6-3/h50H,4-49H2,1-3H3,(H,55,59)(H,56,60)(H,57,61)/t50-/m0/s1. The van der Waals surface area contributed by atoms with E-state index in [-0.39, 0.29) is 35.8 Å². The summed E-state index contributed by atoms with van der Waals surface area (Å²) < 4.78 is 32.9. The van der Waals surface area contributed by atoms with Crippen LogP contribution in [0.3, 0.4) is 0 Å². The van der Waals surface area contributed by atoms with Gasteiger partial charge in [-0.3, -0.25) is 19.2 Å². The first-order chi connectivity index (χ1) is 32.9. The highest BCUT2D eigenvalue weighted by Crippen LogP contribution is 2.18. The number of hydrogen-bond donors (Lipinski definition) is 3. The Kier molecular flexibility index (Phi) is 53.0. The Morgan fingerprint density at radius 2 is 0.716 bits per heavy atom. The van der Waals surface area contributed by atoms with Gasteiger partial charge in [-0.05, 0) is 45.4 Å². The van der Waals surface area contributed by atoms with Crippen molar-refractivity contribution < 1.29 is 47.6 Å². The molecule has 0 aliphatic carbocycles. The molecule has 0 aromatic rings. The van der Waals surface area contributed by atoms with Crippen molar-refractivity contribution in [3.8, 4) is 0 Å². The van der Waals surface area contributed by atoms with E-state index >= 15 is 0 Å². The van der Waals surface area contributed by atoms with Crippen LogP contribution in [-0.4, -0.2) is 122 Å². The molecule has 67 heavy (non-hydrogen) atoms. The summed E-state index contributed by atoms with van der Waals surface area (Å²) in [7, 11) is 0. The second kappa shape index (κ2) is 54.8. The number of ketones is 1. The third-order valence-electron chi connectivity index (χ3n) is 11.9. The topological polar surface area (TPSA) is 160 Å². The molecule has 0 unspecified atom stereocenters. The molecule has 0 saturated heterocycles. The van der Waals surface area contributed by atoms with Crippen molar-refractivity contribution in [1.29, 1.82) is 0 Å². The van der Waals surface area contributed by atoms with E-state index in [1.54, 1.807) is 0 Å². The molecule has 0 bridgehead atoms. The minimum Gasteiger partial charge on any atom is -0.379 e. The number of Topliss-reactive ketones (excluding diaryl/α,β-unsaturated/α-hetero) is 1. The van der Waals surface area contributed by atoms with E-state index in [2.05, 4.69) is 29.8 Å². The molecule has 0 radical (unpaired) electrons. The fraction of sp³-hybridized carbons (Fsp3) is 0.926. The van der Waals surface area contributed by atoms with Crippen LogP contribution in [0.5, 0.6) is 0 Å². The fourth-order valence-corrected chi connectivity index (χ4v) is 7.78. The van der Waals surface area contributed by atoms with Crippen molar-refractivity contribution in [2.45, 2.75) is 220 Å². The second-order valence-corrected chi connectivity index (χ2v) is 18.2. The van der Waals surface area contributed by atoms with Gasteiger partial charge in [0.05, 0.1) is 59.5 Å². The molecule has 13 nitrogen and oxygen atoms in total. The Morgan fingerprint density at radius 3 is 1.19 bits per heavy atom. The lowest BCUT2D eigenvalue weighted by atomic mass is 9.93. The van der Waals surface area contributed by atoms with Crippen LogP contribution in [0.2, 0.25) is 0 Å². The van der Waals surface area contributed by atoms with Crippen LogP contribution in [0.15, 0.2) is 0 Å². The summed E-state index contributed by atoms with van der Waals surface area (Å²) in [6.45, 7) is 14.1. The van der Waals surface area contributed by atoms with E-state index in [4.69, 9.17) is 28.4 Å². The molecule has 0 rings (SSSR count). The first-order valence-corrected chi connectivity index (χ1v) is 27.7. The Balaban J connectivity index is 4.19. The number of hydrogen-bond acceptors (Lipinski definition) is 10. The maximum Gasteiger partial charge on any atom is 0.223 e. The molecule has 0 heterocycles. The van der Waals surface area contributed by atoms with Crippen molar-refractivity contribution in [3.05, 3.63) is 0 Å². The molecule has 3 amide bonds. The highest BCUT2D eigenvalue weighted by atomic mass is 16.5. The predicted octanol–water partition coefficient (Wildman–Crippen LogP) is 10.8.